The molecule has 0 aromatic carbocycles. The average Bonchev–Trinajstić information content (AvgIpc) is 2.44. The van der Waals surface area contributed by atoms with Crippen LogP contribution in [0.4, 0.5) is 0 Å². The maximum absolute atomic E-state index is 12.2. The van der Waals surface area contributed by atoms with Crippen LogP contribution in [0.25, 0.3) is 0 Å². The van der Waals surface area contributed by atoms with Gasteiger partial charge in [0.1, 0.15) is 5.71 Å². The van der Waals surface area contributed by atoms with Crippen molar-refractivity contribution in [3.8, 4) is 0 Å². The molecular weight excluding hydrogens is 260 g/mol. The lowest BCUT2D eigenvalue weighted by atomic mass is 9.87. The molecule has 0 bridgehead atoms. The summed E-state index contributed by atoms with van der Waals surface area (Å²) in [6.45, 7) is 1.78. The van der Waals surface area contributed by atoms with E-state index in [4.69, 9.17) is 0 Å². The molecule has 0 aromatic rings. The van der Waals surface area contributed by atoms with Crippen LogP contribution in [-0.4, -0.2) is 54.0 Å². The number of aliphatic imine (C=N–C) groups is 1. The van der Waals surface area contributed by atoms with Crippen molar-refractivity contribution in [3.63, 3.8) is 0 Å². The first-order valence-electron chi connectivity index (χ1n) is 7.08. The fourth-order valence-electron chi connectivity index (χ4n) is 2.86. The third kappa shape index (κ3) is 2.89. The largest absolute Gasteiger partial charge is 0.460 e. The molecule has 0 radical (unpaired) electrons. The molecule has 1 saturated carbocycles. The lowest BCUT2D eigenvalue weighted by Gasteiger charge is -2.39. The number of carbonyl (C=O) groups is 3. The van der Waals surface area contributed by atoms with E-state index in [1.807, 2.05) is 0 Å². The second-order valence-electron chi connectivity index (χ2n) is 5.23. The summed E-state index contributed by atoms with van der Waals surface area (Å²) in [6.07, 6.45) is 3.82. The van der Waals surface area contributed by atoms with Gasteiger partial charge in [0.15, 0.2) is 0 Å². The van der Waals surface area contributed by atoms with Gasteiger partial charge in [-0.3, -0.25) is 14.6 Å². The first kappa shape index (κ1) is 14.7. The Morgan fingerprint density at radius 1 is 1.35 bits per heavy atom. The van der Waals surface area contributed by atoms with Crippen molar-refractivity contribution in [2.45, 2.75) is 51.1 Å². The van der Waals surface area contributed by atoms with Crippen LogP contribution in [0.2, 0.25) is 0 Å². The van der Waals surface area contributed by atoms with Gasteiger partial charge in [0.05, 0.1) is 25.1 Å². The molecule has 1 amide bonds. The first-order valence-corrected chi connectivity index (χ1v) is 7.08. The van der Waals surface area contributed by atoms with Crippen molar-refractivity contribution in [2.24, 2.45) is 4.99 Å². The minimum Gasteiger partial charge on any atom is -0.460 e. The molecule has 1 fully saturated rings. The molecule has 0 spiro atoms. The van der Waals surface area contributed by atoms with Crippen molar-refractivity contribution in [1.82, 2.24) is 4.90 Å². The van der Waals surface area contributed by atoms with E-state index < -0.39 is 11.8 Å². The number of hydrogen-bond acceptors (Lipinski definition) is 5. The highest BCUT2D eigenvalue weighted by Crippen LogP contribution is 2.28. The number of ketones is 1. The minimum atomic E-state index is -0.892. The average molecular weight is 280 g/mol. The van der Waals surface area contributed by atoms with Gasteiger partial charge in [-0.05, 0) is 19.8 Å². The maximum atomic E-state index is 12.2. The lowest BCUT2D eigenvalue weighted by Crippen LogP contribution is -2.52. The van der Waals surface area contributed by atoms with Crippen LogP contribution in [-0.2, 0) is 19.1 Å². The molecule has 0 aromatic heterocycles. The molecule has 1 aliphatic heterocycles. The normalized spacial score (nSPS) is 25.8. The summed E-state index contributed by atoms with van der Waals surface area (Å²) >= 11 is 0. The molecule has 6 heteroatoms. The number of amides is 1. The summed E-state index contributed by atoms with van der Waals surface area (Å²) in [7, 11) is 1.74. The molecule has 1 aliphatic carbocycles. The zero-order valence-corrected chi connectivity index (χ0v) is 11.9. The Morgan fingerprint density at radius 3 is 2.75 bits per heavy atom. The molecule has 20 heavy (non-hydrogen) atoms. The second-order valence-corrected chi connectivity index (χ2v) is 5.23. The number of rotatable bonds is 4. The predicted octanol–water partition coefficient (Wildman–Crippen LogP) is 0.733. The highest BCUT2D eigenvalue weighted by Gasteiger charge is 2.38. The van der Waals surface area contributed by atoms with Gasteiger partial charge in [-0.2, -0.15) is 0 Å². The van der Waals surface area contributed by atoms with Crippen LogP contribution >= 0.6 is 0 Å². The third-order valence-electron chi connectivity index (χ3n) is 3.91. The molecule has 2 aliphatic rings. The first-order chi connectivity index (χ1) is 9.54. The number of nitrogens with zero attached hydrogens (tertiary/aromatic N) is 2. The van der Waals surface area contributed by atoms with E-state index in [1.165, 1.54) is 0 Å². The number of hydrogen-bond donors (Lipinski definition) is 0. The van der Waals surface area contributed by atoms with Gasteiger partial charge in [0.25, 0.3) is 5.91 Å². The van der Waals surface area contributed by atoms with Gasteiger partial charge in [0, 0.05) is 7.05 Å². The van der Waals surface area contributed by atoms with E-state index in [1.54, 1.807) is 18.9 Å². The third-order valence-corrected chi connectivity index (χ3v) is 3.91. The highest BCUT2D eigenvalue weighted by molar-refractivity contribution is 6.48. The SMILES string of the molecule is CCOC(=O)C(=O)CC1=N[C@H]2CCCC[C@@H]2N(C)C1=O. The van der Waals surface area contributed by atoms with E-state index in [-0.39, 0.29) is 36.7 Å². The Hall–Kier alpha value is -1.72. The molecular formula is C14H20N2O4. The van der Waals surface area contributed by atoms with Crippen LogP contribution < -0.4 is 0 Å². The quantitative estimate of drug-likeness (QED) is 0.562. The van der Waals surface area contributed by atoms with Gasteiger partial charge >= 0.3 is 5.97 Å². The van der Waals surface area contributed by atoms with E-state index in [0.29, 0.717) is 0 Å². The monoisotopic (exact) mass is 280 g/mol. The Bertz CT molecular complexity index is 458. The Labute approximate surface area is 118 Å². The summed E-state index contributed by atoms with van der Waals surface area (Å²) in [5.74, 6) is -1.84. The number of likely N-dealkylation sites (N-methyl/N-ethyl adjacent to an activating group) is 1. The molecule has 0 N–H and O–H groups in total. The van der Waals surface area contributed by atoms with Crippen molar-refractivity contribution >= 4 is 23.4 Å². The molecule has 2 rings (SSSR count). The number of carbonyl (C=O) groups excluding carboxylic acids is 3. The smallest absolute Gasteiger partial charge is 0.375 e. The number of Topliss-reactive ketones (excluding diaryl/α,β-unsaturated/α-hetero) is 1. The van der Waals surface area contributed by atoms with Gasteiger partial charge < -0.3 is 9.64 Å². The molecule has 1 heterocycles. The number of ether oxygens (including phenoxy) is 1. The van der Waals surface area contributed by atoms with Crippen LogP contribution in [0.1, 0.15) is 39.0 Å². The standard InChI is InChI=1S/C14H20N2O4/c1-3-20-14(19)12(17)8-10-13(18)16(2)11-7-5-4-6-9(11)15-10/h9,11H,3-8H2,1-2H3/t9-,11-/m0/s1. The van der Waals surface area contributed by atoms with Crippen molar-refractivity contribution < 1.29 is 19.1 Å². The summed E-state index contributed by atoms with van der Waals surface area (Å²) in [5, 5.41) is 0. The zero-order chi connectivity index (χ0) is 14.7. The van der Waals surface area contributed by atoms with E-state index >= 15 is 0 Å². The van der Waals surface area contributed by atoms with Gasteiger partial charge in [-0.25, -0.2) is 4.79 Å². The lowest BCUT2D eigenvalue weighted by molar-refractivity contribution is -0.153. The van der Waals surface area contributed by atoms with Gasteiger partial charge in [-0.1, -0.05) is 12.8 Å². The summed E-state index contributed by atoms with van der Waals surface area (Å²) < 4.78 is 4.65. The topological polar surface area (TPSA) is 76.0 Å². The van der Waals surface area contributed by atoms with Crippen LogP contribution in [0.3, 0.4) is 0 Å². The highest BCUT2D eigenvalue weighted by atomic mass is 16.5. The Balaban J connectivity index is 2.10. The molecule has 0 saturated heterocycles. The van der Waals surface area contributed by atoms with E-state index in [0.717, 1.165) is 25.7 Å². The summed E-state index contributed by atoms with van der Waals surface area (Å²) in [6, 6.07) is 0.203. The van der Waals surface area contributed by atoms with Gasteiger partial charge in [-0.15, -0.1) is 0 Å². The number of esters is 1. The van der Waals surface area contributed by atoms with Gasteiger partial charge in [0.2, 0.25) is 5.78 Å². The predicted molar refractivity (Wildman–Crippen MR) is 72.5 cm³/mol. The van der Waals surface area contributed by atoms with E-state index in [2.05, 4.69) is 9.73 Å². The molecule has 2 atom stereocenters. The zero-order valence-electron chi connectivity index (χ0n) is 11.9. The molecule has 0 unspecified atom stereocenters. The van der Waals surface area contributed by atoms with Crippen LogP contribution in [0, 0.1) is 0 Å². The van der Waals surface area contributed by atoms with Crippen molar-refractivity contribution in [3.05, 3.63) is 0 Å². The maximum Gasteiger partial charge on any atom is 0.375 e. The Morgan fingerprint density at radius 2 is 2.05 bits per heavy atom. The minimum absolute atomic E-state index is 0.0662. The fraction of sp³-hybridized carbons (Fsp3) is 0.714. The molecule has 6 nitrogen and oxygen atoms in total. The van der Waals surface area contributed by atoms with E-state index in [9.17, 15) is 14.4 Å². The summed E-state index contributed by atoms with van der Waals surface area (Å²) in [4.78, 5) is 41.3. The van der Waals surface area contributed by atoms with Crippen molar-refractivity contribution in [2.75, 3.05) is 13.7 Å². The Kier molecular flexibility index (Phi) is 4.52. The number of fused-ring (bicyclic) bond motifs is 1. The second kappa shape index (κ2) is 6.15. The van der Waals surface area contributed by atoms with Crippen LogP contribution in [0.15, 0.2) is 4.99 Å². The van der Waals surface area contributed by atoms with Crippen LogP contribution in [0.5, 0.6) is 0 Å². The van der Waals surface area contributed by atoms with Crippen molar-refractivity contribution in [1.29, 1.82) is 0 Å². The fourth-order valence-corrected chi connectivity index (χ4v) is 2.86. The summed E-state index contributed by atoms with van der Waals surface area (Å²) in [5.41, 5.74) is 0.189. The molecule has 110 valence electrons.